The van der Waals surface area contributed by atoms with Gasteiger partial charge < -0.3 is 20.4 Å². The predicted molar refractivity (Wildman–Crippen MR) is 158 cm³/mol. The summed E-state index contributed by atoms with van der Waals surface area (Å²) in [5.74, 6) is -0.181. The summed E-state index contributed by atoms with van der Waals surface area (Å²) in [5, 5.41) is 12.2. The second kappa shape index (κ2) is 12.2. The smallest absolute Gasteiger partial charge is 0.293 e. The van der Waals surface area contributed by atoms with Crippen molar-refractivity contribution in [2.24, 2.45) is 0 Å². The van der Waals surface area contributed by atoms with E-state index in [2.05, 4.69) is 75.2 Å². The van der Waals surface area contributed by atoms with Crippen molar-refractivity contribution in [2.45, 2.75) is 37.4 Å². The van der Waals surface area contributed by atoms with Gasteiger partial charge in [0.15, 0.2) is 0 Å². The molecule has 0 aromatic heterocycles. The fourth-order valence-electron chi connectivity index (χ4n) is 4.32. The molecule has 192 valence electrons. The zero-order chi connectivity index (χ0) is 25.7. The first-order valence-corrected chi connectivity index (χ1v) is 14.5. The molecule has 2 aliphatic rings. The molecule has 6 nitrogen and oxygen atoms in total. The molecular weight excluding hydrogens is 607 g/mol. The quantitative estimate of drug-likeness (QED) is 0.107. The molecule has 2 aromatic carbocycles. The largest absolute Gasteiger partial charge is 0.485 e. The average Bonchev–Trinajstić information content (AvgIpc) is 3.63. The number of hydrogen-bond donors (Lipinski definition) is 2. The standard InChI is InChI=1S/C27H32ClIN4O2S/c1-19(2)36-33-14-12-32(13-15-33)24(17-30)25(26(34)31-23-5-3-4-21(28)16-23)35-18-27(10-11-27)20-6-8-22(29)9-7-20/h3-9,16-17,19,30H,10-15,18H2,1-2H3,(H,31,34)/b25-24-,30-17?. The van der Waals surface area contributed by atoms with Crippen LogP contribution in [0.5, 0.6) is 0 Å². The highest BCUT2D eigenvalue weighted by Gasteiger charge is 2.45. The van der Waals surface area contributed by atoms with Crippen LogP contribution in [0.15, 0.2) is 60.0 Å². The minimum Gasteiger partial charge on any atom is -0.485 e. The molecule has 2 fully saturated rings. The first kappa shape index (κ1) is 27.3. The van der Waals surface area contributed by atoms with Crippen LogP contribution >= 0.6 is 46.1 Å². The van der Waals surface area contributed by atoms with Crippen LogP contribution in [0.3, 0.4) is 0 Å². The van der Waals surface area contributed by atoms with Gasteiger partial charge in [0, 0.05) is 57.3 Å². The first-order valence-electron chi connectivity index (χ1n) is 12.2. The van der Waals surface area contributed by atoms with Crippen LogP contribution in [-0.4, -0.2) is 59.4 Å². The molecule has 36 heavy (non-hydrogen) atoms. The molecule has 1 saturated carbocycles. The van der Waals surface area contributed by atoms with E-state index in [1.54, 1.807) is 24.3 Å². The molecule has 2 N–H and O–H groups in total. The molecule has 2 aromatic rings. The molecule has 9 heteroatoms. The fraction of sp³-hybridized carbons (Fsp3) is 0.407. The van der Waals surface area contributed by atoms with E-state index >= 15 is 0 Å². The molecule has 0 spiro atoms. The van der Waals surface area contributed by atoms with Gasteiger partial charge in [-0.05, 0) is 71.3 Å². The normalized spacial score (nSPS) is 18.0. The van der Waals surface area contributed by atoms with Gasteiger partial charge in [0.1, 0.15) is 5.70 Å². The molecule has 1 aliphatic carbocycles. The van der Waals surface area contributed by atoms with Crippen molar-refractivity contribution in [3.05, 3.63) is 74.1 Å². The highest BCUT2D eigenvalue weighted by Crippen LogP contribution is 2.48. The van der Waals surface area contributed by atoms with Crippen molar-refractivity contribution in [2.75, 3.05) is 38.1 Å². The second-order valence-electron chi connectivity index (χ2n) is 9.47. The van der Waals surface area contributed by atoms with Crippen LogP contribution in [0.25, 0.3) is 0 Å². The summed E-state index contributed by atoms with van der Waals surface area (Å²) < 4.78 is 9.88. The fourth-order valence-corrected chi connectivity index (χ4v) is 5.84. The Labute approximate surface area is 236 Å². The van der Waals surface area contributed by atoms with Crippen molar-refractivity contribution < 1.29 is 9.53 Å². The van der Waals surface area contributed by atoms with Gasteiger partial charge in [-0.15, -0.1) is 0 Å². The number of halogens is 2. The van der Waals surface area contributed by atoms with Gasteiger partial charge in [0.2, 0.25) is 5.76 Å². The third kappa shape index (κ3) is 6.96. The molecule has 0 radical (unpaired) electrons. The Morgan fingerprint density at radius 3 is 2.47 bits per heavy atom. The van der Waals surface area contributed by atoms with Crippen LogP contribution < -0.4 is 5.32 Å². The molecule has 1 saturated heterocycles. The Balaban J connectivity index is 1.57. The summed E-state index contributed by atoms with van der Waals surface area (Å²) in [5.41, 5.74) is 2.25. The summed E-state index contributed by atoms with van der Waals surface area (Å²) in [6.07, 6.45) is 3.28. The Kier molecular flexibility index (Phi) is 9.24. The Morgan fingerprint density at radius 2 is 1.89 bits per heavy atom. The lowest BCUT2D eigenvalue weighted by molar-refractivity contribution is -0.116. The monoisotopic (exact) mass is 638 g/mol. The molecule has 1 amide bonds. The summed E-state index contributed by atoms with van der Waals surface area (Å²) in [6.45, 7) is 7.94. The lowest BCUT2D eigenvalue weighted by Gasteiger charge is -2.36. The van der Waals surface area contributed by atoms with Crippen LogP contribution in [0.1, 0.15) is 32.3 Å². The van der Waals surface area contributed by atoms with E-state index in [-0.39, 0.29) is 17.1 Å². The van der Waals surface area contributed by atoms with E-state index < -0.39 is 0 Å². The van der Waals surface area contributed by atoms with Gasteiger partial charge in [-0.25, -0.2) is 4.31 Å². The van der Waals surface area contributed by atoms with Crippen LogP contribution in [0.2, 0.25) is 5.02 Å². The van der Waals surface area contributed by atoms with Gasteiger partial charge in [-0.3, -0.25) is 4.79 Å². The number of nitrogens with zero attached hydrogens (tertiary/aromatic N) is 2. The van der Waals surface area contributed by atoms with Crippen LogP contribution in [0, 0.1) is 8.98 Å². The zero-order valence-corrected chi connectivity index (χ0v) is 24.3. The summed E-state index contributed by atoms with van der Waals surface area (Å²) >= 11 is 10.3. The number of benzene rings is 2. The number of ether oxygens (including phenoxy) is 1. The highest BCUT2D eigenvalue weighted by molar-refractivity contribution is 14.1. The van der Waals surface area contributed by atoms with Gasteiger partial charge >= 0.3 is 0 Å². The van der Waals surface area contributed by atoms with Gasteiger partial charge in [0.25, 0.3) is 5.91 Å². The first-order chi connectivity index (χ1) is 17.3. The Bertz CT molecular complexity index is 1110. The van der Waals surface area contributed by atoms with Crippen molar-refractivity contribution in [1.82, 2.24) is 9.21 Å². The van der Waals surface area contributed by atoms with Gasteiger partial charge in [0.05, 0.1) is 6.61 Å². The van der Waals surface area contributed by atoms with E-state index in [0.717, 1.165) is 39.0 Å². The topological polar surface area (TPSA) is 68.7 Å². The van der Waals surface area contributed by atoms with Gasteiger partial charge in [-0.1, -0.05) is 55.6 Å². The number of carbonyl (C=O) groups is 1. The second-order valence-corrected chi connectivity index (χ2v) is 12.8. The van der Waals surface area contributed by atoms with Crippen molar-refractivity contribution in [1.29, 1.82) is 5.41 Å². The molecule has 1 heterocycles. The lowest BCUT2D eigenvalue weighted by Crippen LogP contribution is -2.44. The number of carbonyl (C=O) groups excluding carboxylic acids is 1. The SMILES string of the molecule is CC(C)SN1CCN(/C(C=N)=C(\OCC2(c3ccc(I)cc3)CC2)C(=O)Nc2cccc(Cl)c2)CC1. The zero-order valence-electron chi connectivity index (χ0n) is 20.6. The van der Waals surface area contributed by atoms with E-state index in [9.17, 15) is 4.79 Å². The van der Waals surface area contributed by atoms with Crippen molar-refractivity contribution in [3.8, 4) is 0 Å². The number of piperazine rings is 1. The summed E-state index contributed by atoms with van der Waals surface area (Å²) in [4.78, 5) is 15.6. The van der Waals surface area contributed by atoms with Crippen LogP contribution in [0.4, 0.5) is 5.69 Å². The molecular formula is C27H32ClIN4O2S. The maximum atomic E-state index is 13.5. The summed E-state index contributed by atoms with van der Waals surface area (Å²) in [6, 6.07) is 15.6. The van der Waals surface area contributed by atoms with E-state index in [4.69, 9.17) is 21.7 Å². The number of hydrogen-bond acceptors (Lipinski definition) is 6. The number of allylic oxidation sites excluding steroid dienone is 1. The van der Waals surface area contributed by atoms with E-state index in [1.807, 2.05) is 11.9 Å². The average molecular weight is 639 g/mol. The third-order valence-corrected chi connectivity index (χ3v) is 8.44. The highest BCUT2D eigenvalue weighted by atomic mass is 127. The van der Waals surface area contributed by atoms with E-state index in [1.165, 1.54) is 15.3 Å². The number of anilines is 1. The number of amides is 1. The number of rotatable bonds is 10. The Hall–Kier alpha value is -1.75. The molecule has 0 atom stereocenters. The molecule has 1 aliphatic heterocycles. The molecule has 0 bridgehead atoms. The predicted octanol–water partition coefficient (Wildman–Crippen LogP) is 6.17. The van der Waals surface area contributed by atoms with E-state index in [0.29, 0.717) is 28.3 Å². The molecule has 0 unspecified atom stereocenters. The maximum absolute atomic E-state index is 13.5. The van der Waals surface area contributed by atoms with Crippen LogP contribution in [-0.2, 0) is 14.9 Å². The Morgan fingerprint density at radius 1 is 1.19 bits per heavy atom. The van der Waals surface area contributed by atoms with Gasteiger partial charge in [-0.2, -0.15) is 0 Å². The number of nitrogens with one attached hydrogen (secondary N) is 2. The summed E-state index contributed by atoms with van der Waals surface area (Å²) in [7, 11) is 0. The van der Waals surface area contributed by atoms with Crippen molar-refractivity contribution in [3.63, 3.8) is 0 Å². The third-order valence-electron chi connectivity index (χ3n) is 6.40. The van der Waals surface area contributed by atoms with Crippen molar-refractivity contribution >= 4 is 63.9 Å². The lowest BCUT2D eigenvalue weighted by atomic mass is 9.97. The minimum absolute atomic E-state index is 0.0916. The minimum atomic E-state index is -0.367. The molecule has 4 rings (SSSR count). The maximum Gasteiger partial charge on any atom is 0.293 e.